The minimum absolute atomic E-state index is 0.0656. The number of aromatic nitrogens is 1. The molecule has 1 heterocycles. The second-order valence-corrected chi connectivity index (χ2v) is 9.76. The van der Waals surface area contributed by atoms with Crippen LogP contribution in [0.25, 0.3) is 11.3 Å². The molecule has 0 unspecified atom stereocenters. The highest BCUT2D eigenvalue weighted by atomic mass is 32.2. The zero-order valence-electron chi connectivity index (χ0n) is 13.6. The van der Waals surface area contributed by atoms with E-state index in [0.29, 0.717) is 5.69 Å². The maximum Gasteiger partial charge on any atom is 0.261 e. The van der Waals surface area contributed by atoms with Crippen molar-refractivity contribution < 1.29 is 16.8 Å². The van der Waals surface area contributed by atoms with Gasteiger partial charge in [0.05, 0.1) is 20.5 Å². The average Bonchev–Trinajstić information content (AvgIpc) is 3.01. The Labute approximate surface area is 155 Å². The van der Waals surface area contributed by atoms with Gasteiger partial charge in [-0.1, -0.05) is 12.1 Å². The SMILES string of the molecule is Cc1nc(-c2ccc(NS(=O)(=O)c3ccc(S(N)(=O)=O)cc3)cc2)cs1. The lowest BCUT2D eigenvalue weighted by molar-refractivity contribution is 0.595. The second-order valence-electron chi connectivity index (χ2n) is 5.45. The molecule has 0 bridgehead atoms. The molecule has 2 aromatic carbocycles. The van der Waals surface area contributed by atoms with Gasteiger partial charge < -0.3 is 0 Å². The summed E-state index contributed by atoms with van der Waals surface area (Å²) in [5, 5.41) is 7.89. The monoisotopic (exact) mass is 409 g/mol. The smallest absolute Gasteiger partial charge is 0.261 e. The zero-order valence-corrected chi connectivity index (χ0v) is 16.0. The lowest BCUT2D eigenvalue weighted by Crippen LogP contribution is -2.15. The summed E-state index contributed by atoms with van der Waals surface area (Å²) in [5.41, 5.74) is 2.10. The summed E-state index contributed by atoms with van der Waals surface area (Å²) in [7, 11) is -7.72. The molecule has 7 nitrogen and oxygen atoms in total. The maximum atomic E-state index is 12.4. The highest BCUT2D eigenvalue weighted by molar-refractivity contribution is 7.92. The molecule has 0 aliphatic heterocycles. The third-order valence-electron chi connectivity index (χ3n) is 3.51. The number of thiazole rings is 1. The minimum atomic E-state index is -3.87. The molecule has 1 aromatic heterocycles. The summed E-state index contributed by atoms with van der Waals surface area (Å²) >= 11 is 1.54. The third kappa shape index (κ3) is 4.10. The number of hydrogen-bond acceptors (Lipinski definition) is 6. The van der Waals surface area contributed by atoms with Crippen LogP contribution in [-0.2, 0) is 20.0 Å². The van der Waals surface area contributed by atoms with Gasteiger partial charge in [0.1, 0.15) is 0 Å². The third-order valence-corrected chi connectivity index (χ3v) is 6.61. The first-order chi connectivity index (χ1) is 12.1. The number of nitrogens with one attached hydrogen (secondary N) is 1. The van der Waals surface area contributed by atoms with Crippen molar-refractivity contribution in [2.24, 2.45) is 5.14 Å². The molecule has 10 heteroatoms. The maximum absolute atomic E-state index is 12.4. The molecule has 3 aromatic rings. The van der Waals surface area contributed by atoms with E-state index >= 15 is 0 Å². The van der Waals surface area contributed by atoms with Crippen LogP contribution in [0.15, 0.2) is 63.7 Å². The first kappa shape index (κ1) is 18.5. The number of primary sulfonamides is 1. The molecule has 0 radical (unpaired) electrons. The van der Waals surface area contributed by atoms with Crippen LogP contribution in [0.3, 0.4) is 0 Å². The molecular weight excluding hydrogens is 394 g/mol. The van der Waals surface area contributed by atoms with Crippen LogP contribution in [0.2, 0.25) is 0 Å². The van der Waals surface area contributed by atoms with Crippen molar-refractivity contribution in [2.75, 3.05) is 4.72 Å². The number of benzene rings is 2. The highest BCUT2D eigenvalue weighted by Crippen LogP contribution is 2.24. The summed E-state index contributed by atoms with van der Waals surface area (Å²) in [4.78, 5) is 4.16. The van der Waals surface area contributed by atoms with E-state index in [4.69, 9.17) is 5.14 Å². The summed E-state index contributed by atoms with van der Waals surface area (Å²) < 4.78 is 49.8. The van der Waals surface area contributed by atoms with E-state index in [2.05, 4.69) is 9.71 Å². The molecule has 0 spiro atoms. The number of nitrogens with two attached hydrogens (primary N) is 1. The van der Waals surface area contributed by atoms with E-state index in [1.165, 1.54) is 23.5 Å². The Hall–Kier alpha value is -2.27. The Morgan fingerprint density at radius 2 is 1.50 bits per heavy atom. The number of aryl methyl sites for hydroxylation is 1. The second kappa shape index (κ2) is 6.80. The van der Waals surface area contributed by atoms with Gasteiger partial charge in [-0.3, -0.25) is 4.72 Å². The van der Waals surface area contributed by atoms with Gasteiger partial charge in [0.15, 0.2) is 0 Å². The Kier molecular flexibility index (Phi) is 4.84. The van der Waals surface area contributed by atoms with Crippen LogP contribution in [0.4, 0.5) is 5.69 Å². The first-order valence-corrected chi connectivity index (χ1v) is 11.2. The average molecular weight is 410 g/mol. The quantitative estimate of drug-likeness (QED) is 0.671. The molecule has 0 saturated heterocycles. The van der Waals surface area contributed by atoms with Gasteiger partial charge in [-0.15, -0.1) is 11.3 Å². The largest absolute Gasteiger partial charge is 0.280 e. The summed E-state index contributed by atoms with van der Waals surface area (Å²) in [6, 6.07) is 11.5. The molecule has 0 aliphatic carbocycles. The van der Waals surface area contributed by atoms with Crippen molar-refractivity contribution in [3.63, 3.8) is 0 Å². The Balaban J connectivity index is 1.81. The van der Waals surface area contributed by atoms with Gasteiger partial charge in [0.25, 0.3) is 10.0 Å². The van der Waals surface area contributed by atoms with Crippen LogP contribution in [0, 0.1) is 6.92 Å². The highest BCUT2D eigenvalue weighted by Gasteiger charge is 2.16. The van der Waals surface area contributed by atoms with Gasteiger partial charge in [-0.05, 0) is 43.3 Å². The van der Waals surface area contributed by atoms with Crippen molar-refractivity contribution in [1.29, 1.82) is 0 Å². The summed E-state index contributed by atoms with van der Waals surface area (Å²) in [6.07, 6.45) is 0. The van der Waals surface area contributed by atoms with Gasteiger partial charge in [-0.2, -0.15) is 0 Å². The van der Waals surface area contributed by atoms with E-state index in [1.807, 2.05) is 12.3 Å². The van der Waals surface area contributed by atoms with Crippen molar-refractivity contribution in [2.45, 2.75) is 16.7 Å². The molecule has 0 amide bonds. The Bertz CT molecular complexity index is 1130. The lowest BCUT2D eigenvalue weighted by atomic mass is 10.1. The molecule has 3 N–H and O–H groups in total. The summed E-state index contributed by atoms with van der Waals surface area (Å²) in [6.45, 7) is 1.91. The molecule has 3 rings (SSSR count). The molecule has 0 atom stereocenters. The fraction of sp³-hybridized carbons (Fsp3) is 0.0625. The van der Waals surface area contributed by atoms with Crippen molar-refractivity contribution in [3.05, 3.63) is 58.9 Å². The minimum Gasteiger partial charge on any atom is -0.280 e. The van der Waals surface area contributed by atoms with Gasteiger partial charge in [0.2, 0.25) is 10.0 Å². The lowest BCUT2D eigenvalue weighted by Gasteiger charge is -2.09. The predicted octanol–water partition coefficient (Wildman–Crippen LogP) is 2.57. The molecule has 0 aliphatic rings. The molecule has 26 heavy (non-hydrogen) atoms. The summed E-state index contributed by atoms with van der Waals surface area (Å²) in [5.74, 6) is 0. The molecular formula is C16H15N3O4S3. The number of sulfonamides is 2. The fourth-order valence-electron chi connectivity index (χ4n) is 2.23. The predicted molar refractivity (Wildman–Crippen MR) is 101 cm³/mol. The number of rotatable bonds is 5. The van der Waals surface area contributed by atoms with E-state index < -0.39 is 20.0 Å². The van der Waals surface area contributed by atoms with Crippen LogP contribution in [0.1, 0.15) is 5.01 Å². The Morgan fingerprint density at radius 3 is 2.00 bits per heavy atom. The van der Waals surface area contributed by atoms with Gasteiger partial charge >= 0.3 is 0 Å². The van der Waals surface area contributed by atoms with Gasteiger partial charge in [0, 0.05) is 16.6 Å². The molecule has 0 saturated carbocycles. The Morgan fingerprint density at radius 1 is 0.923 bits per heavy atom. The van der Waals surface area contributed by atoms with Crippen molar-refractivity contribution in [3.8, 4) is 11.3 Å². The molecule has 0 fully saturated rings. The normalized spacial score (nSPS) is 12.1. The number of anilines is 1. The van der Waals surface area contributed by atoms with Crippen LogP contribution < -0.4 is 9.86 Å². The van der Waals surface area contributed by atoms with E-state index in [1.54, 1.807) is 24.3 Å². The van der Waals surface area contributed by atoms with Gasteiger partial charge in [-0.25, -0.2) is 27.0 Å². The first-order valence-electron chi connectivity index (χ1n) is 7.33. The number of nitrogens with zero attached hydrogens (tertiary/aromatic N) is 1. The van der Waals surface area contributed by atoms with Crippen LogP contribution in [0.5, 0.6) is 0 Å². The van der Waals surface area contributed by atoms with Crippen LogP contribution >= 0.6 is 11.3 Å². The molecule has 136 valence electrons. The van der Waals surface area contributed by atoms with E-state index in [9.17, 15) is 16.8 Å². The van der Waals surface area contributed by atoms with E-state index in [0.717, 1.165) is 28.4 Å². The van der Waals surface area contributed by atoms with Crippen molar-refractivity contribution >= 4 is 37.1 Å². The standard InChI is InChI=1S/C16H15N3O4S3/c1-11-18-16(10-24-11)12-2-4-13(5-3-12)19-26(22,23)15-8-6-14(7-9-15)25(17,20)21/h2-10,19H,1H3,(H2,17,20,21). The van der Waals surface area contributed by atoms with Crippen molar-refractivity contribution in [1.82, 2.24) is 4.98 Å². The topological polar surface area (TPSA) is 119 Å². The van der Waals surface area contributed by atoms with E-state index in [-0.39, 0.29) is 9.79 Å². The fourth-order valence-corrected chi connectivity index (χ4v) is 4.42. The zero-order chi connectivity index (χ0) is 18.9. The van der Waals surface area contributed by atoms with Crippen LogP contribution in [-0.4, -0.2) is 21.8 Å². The number of hydrogen-bond donors (Lipinski definition) is 2.